The third kappa shape index (κ3) is 2.79. The van der Waals surface area contributed by atoms with E-state index in [1.807, 2.05) is 42.3 Å². The van der Waals surface area contributed by atoms with Crippen molar-refractivity contribution in [3.63, 3.8) is 0 Å². The summed E-state index contributed by atoms with van der Waals surface area (Å²) >= 11 is 0. The second-order valence-corrected chi connectivity index (χ2v) is 7.69. The molecule has 31 heavy (non-hydrogen) atoms. The lowest BCUT2D eigenvalue weighted by Gasteiger charge is -2.34. The number of ether oxygens (including phenoxy) is 1. The van der Waals surface area contributed by atoms with Crippen LogP contribution in [-0.2, 0) is 11.8 Å². The van der Waals surface area contributed by atoms with Gasteiger partial charge in [-0.05, 0) is 19.1 Å². The highest BCUT2D eigenvalue weighted by atomic mass is 16.5. The van der Waals surface area contributed by atoms with E-state index in [2.05, 4.69) is 32.0 Å². The summed E-state index contributed by atoms with van der Waals surface area (Å²) in [6.45, 7) is 4.24. The lowest BCUT2D eigenvalue weighted by Crippen LogP contribution is -2.44. The van der Waals surface area contributed by atoms with E-state index in [-0.39, 0.29) is 6.04 Å². The van der Waals surface area contributed by atoms with Gasteiger partial charge in [-0.3, -0.25) is 4.68 Å². The van der Waals surface area contributed by atoms with Gasteiger partial charge in [0, 0.05) is 43.0 Å². The van der Waals surface area contributed by atoms with E-state index in [1.165, 1.54) is 0 Å². The quantitative estimate of drug-likeness (QED) is 0.482. The topological polar surface area (TPSA) is 103 Å². The molecular weight excluding hydrogens is 394 g/mol. The average Bonchev–Trinajstić information content (AvgIpc) is 3.52. The van der Waals surface area contributed by atoms with Gasteiger partial charge in [-0.1, -0.05) is 0 Å². The normalized spacial score (nSPS) is 17.1. The van der Waals surface area contributed by atoms with Gasteiger partial charge in [0.2, 0.25) is 0 Å². The Hall–Kier alpha value is -3.79. The van der Waals surface area contributed by atoms with Crippen LogP contribution in [-0.4, -0.2) is 65.3 Å². The molecule has 0 saturated carbocycles. The van der Waals surface area contributed by atoms with Gasteiger partial charge < -0.3 is 14.6 Å². The van der Waals surface area contributed by atoms with Crippen molar-refractivity contribution >= 4 is 27.9 Å². The van der Waals surface area contributed by atoms with Crippen molar-refractivity contribution in [2.24, 2.45) is 7.05 Å². The van der Waals surface area contributed by atoms with Gasteiger partial charge in [-0.15, -0.1) is 0 Å². The number of H-pyrrole nitrogens is 1. The molecular formula is C21H21N9O. The third-order valence-electron chi connectivity index (χ3n) is 5.76. The van der Waals surface area contributed by atoms with Crippen molar-refractivity contribution in [3.05, 3.63) is 43.0 Å². The van der Waals surface area contributed by atoms with E-state index in [0.717, 1.165) is 45.8 Å². The van der Waals surface area contributed by atoms with Crippen LogP contribution in [0.5, 0.6) is 0 Å². The SMILES string of the molecule is C[C@@H]1COCCN1c1nc(-c2ccnc3[nH]ccc23)nc2c1cnn2-c1ccnn1C. The Morgan fingerprint density at radius 1 is 1.10 bits per heavy atom. The number of hydrogen-bond donors (Lipinski definition) is 1. The Kier molecular flexibility index (Phi) is 4.00. The minimum atomic E-state index is 0.199. The maximum Gasteiger partial charge on any atom is 0.170 e. The standard InChI is InChI=1S/C21H21N9O/c1-13-12-31-10-9-29(13)20-16-11-25-30(17-5-8-24-28(17)2)21(16)27-19(26-20)15-4-7-23-18-14(15)3-6-22-18/h3-8,11,13H,9-10,12H2,1-2H3,(H,22,23)/t13-/m1/s1. The fourth-order valence-electron chi connectivity index (χ4n) is 4.17. The van der Waals surface area contributed by atoms with Gasteiger partial charge in [0.05, 0.1) is 37.0 Å². The van der Waals surface area contributed by atoms with Gasteiger partial charge in [0.15, 0.2) is 17.3 Å². The zero-order valence-corrected chi connectivity index (χ0v) is 17.2. The predicted octanol–water partition coefficient (Wildman–Crippen LogP) is 2.32. The van der Waals surface area contributed by atoms with Gasteiger partial charge in [0.1, 0.15) is 11.5 Å². The van der Waals surface area contributed by atoms with Gasteiger partial charge in [-0.2, -0.15) is 14.9 Å². The summed E-state index contributed by atoms with van der Waals surface area (Å²) in [5.41, 5.74) is 2.47. The summed E-state index contributed by atoms with van der Waals surface area (Å²) in [7, 11) is 1.89. The lowest BCUT2D eigenvalue weighted by atomic mass is 10.1. The molecule has 6 heterocycles. The Labute approximate surface area is 177 Å². The van der Waals surface area contributed by atoms with E-state index in [9.17, 15) is 0 Å². The molecule has 0 unspecified atom stereocenters. The Bertz CT molecular complexity index is 1400. The van der Waals surface area contributed by atoms with Crippen LogP contribution in [0.25, 0.3) is 39.3 Å². The Balaban J connectivity index is 1.64. The summed E-state index contributed by atoms with van der Waals surface area (Å²) in [4.78, 5) is 19.8. The third-order valence-corrected chi connectivity index (χ3v) is 5.76. The zero-order valence-electron chi connectivity index (χ0n) is 17.2. The van der Waals surface area contributed by atoms with E-state index in [1.54, 1.807) is 17.1 Å². The van der Waals surface area contributed by atoms with Crippen LogP contribution in [0.4, 0.5) is 5.82 Å². The van der Waals surface area contributed by atoms with Crippen molar-refractivity contribution in [2.75, 3.05) is 24.7 Å². The highest BCUT2D eigenvalue weighted by molar-refractivity contribution is 5.94. The Morgan fingerprint density at radius 2 is 2.03 bits per heavy atom. The molecule has 10 nitrogen and oxygen atoms in total. The molecule has 156 valence electrons. The number of anilines is 1. The maximum absolute atomic E-state index is 5.66. The zero-order chi connectivity index (χ0) is 20.9. The number of morpholine rings is 1. The van der Waals surface area contributed by atoms with E-state index >= 15 is 0 Å². The molecule has 1 aliphatic rings. The van der Waals surface area contributed by atoms with Crippen molar-refractivity contribution in [1.29, 1.82) is 0 Å². The molecule has 0 bridgehead atoms. The second-order valence-electron chi connectivity index (χ2n) is 7.69. The van der Waals surface area contributed by atoms with Gasteiger partial charge in [0.25, 0.3) is 0 Å². The molecule has 1 atom stereocenters. The highest BCUT2D eigenvalue weighted by Gasteiger charge is 2.26. The van der Waals surface area contributed by atoms with Crippen molar-refractivity contribution in [3.8, 4) is 17.2 Å². The van der Waals surface area contributed by atoms with Crippen LogP contribution >= 0.6 is 0 Å². The minimum absolute atomic E-state index is 0.199. The van der Waals surface area contributed by atoms with Crippen LogP contribution < -0.4 is 4.90 Å². The summed E-state index contributed by atoms with van der Waals surface area (Å²) in [5.74, 6) is 2.34. The molecule has 0 amide bonds. The monoisotopic (exact) mass is 415 g/mol. The molecule has 0 spiro atoms. The summed E-state index contributed by atoms with van der Waals surface area (Å²) in [6, 6.07) is 6.07. The van der Waals surface area contributed by atoms with Crippen molar-refractivity contribution in [1.82, 2.24) is 39.5 Å². The van der Waals surface area contributed by atoms with Gasteiger partial charge >= 0.3 is 0 Å². The smallest absolute Gasteiger partial charge is 0.170 e. The lowest BCUT2D eigenvalue weighted by molar-refractivity contribution is 0.0987. The number of nitrogens with one attached hydrogen (secondary N) is 1. The molecule has 0 aliphatic carbocycles. The number of nitrogens with zero attached hydrogens (tertiary/aromatic N) is 8. The summed E-state index contributed by atoms with van der Waals surface area (Å²) in [6.07, 6.45) is 7.24. The molecule has 1 fully saturated rings. The molecule has 1 aliphatic heterocycles. The largest absolute Gasteiger partial charge is 0.377 e. The number of aryl methyl sites for hydroxylation is 1. The molecule has 0 aromatic carbocycles. The molecule has 1 saturated heterocycles. The first-order valence-electron chi connectivity index (χ1n) is 10.2. The number of pyridine rings is 1. The summed E-state index contributed by atoms with van der Waals surface area (Å²) in [5, 5.41) is 10.8. The van der Waals surface area contributed by atoms with Crippen LogP contribution in [0, 0.1) is 0 Å². The van der Waals surface area contributed by atoms with Crippen LogP contribution in [0.2, 0.25) is 0 Å². The fraction of sp³-hybridized carbons (Fsp3) is 0.286. The van der Waals surface area contributed by atoms with E-state index < -0.39 is 0 Å². The average molecular weight is 415 g/mol. The van der Waals surface area contributed by atoms with Crippen LogP contribution in [0.15, 0.2) is 43.0 Å². The molecule has 10 heteroatoms. The van der Waals surface area contributed by atoms with Crippen LogP contribution in [0.1, 0.15) is 6.92 Å². The fourth-order valence-corrected chi connectivity index (χ4v) is 4.17. The maximum atomic E-state index is 5.66. The predicted molar refractivity (Wildman–Crippen MR) is 116 cm³/mol. The molecule has 5 aromatic heterocycles. The second kappa shape index (κ2) is 6.88. The number of fused-ring (bicyclic) bond motifs is 2. The minimum Gasteiger partial charge on any atom is -0.377 e. The number of hydrogen-bond acceptors (Lipinski definition) is 7. The van der Waals surface area contributed by atoms with Crippen LogP contribution in [0.3, 0.4) is 0 Å². The van der Waals surface area contributed by atoms with Crippen molar-refractivity contribution in [2.45, 2.75) is 13.0 Å². The number of aromatic amines is 1. The first kappa shape index (κ1) is 18.0. The van der Waals surface area contributed by atoms with E-state index in [0.29, 0.717) is 19.0 Å². The Morgan fingerprint density at radius 3 is 2.87 bits per heavy atom. The van der Waals surface area contributed by atoms with Crippen molar-refractivity contribution < 1.29 is 4.74 Å². The highest BCUT2D eigenvalue weighted by Crippen LogP contribution is 2.32. The van der Waals surface area contributed by atoms with E-state index in [4.69, 9.17) is 14.7 Å². The molecule has 5 aromatic rings. The first-order chi connectivity index (χ1) is 15.2. The first-order valence-corrected chi connectivity index (χ1v) is 10.2. The number of rotatable bonds is 3. The molecule has 1 N–H and O–H groups in total. The van der Waals surface area contributed by atoms with Gasteiger partial charge in [-0.25, -0.2) is 15.0 Å². The molecule has 0 radical (unpaired) electrons. The summed E-state index contributed by atoms with van der Waals surface area (Å²) < 4.78 is 9.25. The molecule has 6 rings (SSSR count). The number of aromatic nitrogens is 8.